The SMILES string of the molecule is CCOC(=O)C1=C(CSc2cccc(C(F)(F)F)c2)NC(=O)N[C@H]1CC. The van der Waals surface area contributed by atoms with Crippen molar-refractivity contribution in [2.24, 2.45) is 0 Å². The Hall–Kier alpha value is -2.16. The number of carbonyl (C=O) groups excluding carboxylic acids is 2. The molecular formula is C17H19F3N2O3S. The van der Waals surface area contributed by atoms with Crippen LogP contribution in [-0.2, 0) is 15.7 Å². The van der Waals surface area contributed by atoms with Crippen LogP contribution < -0.4 is 10.6 Å². The highest BCUT2D eigenvalue weighted by Crippen LogP contribution is 2.32. The van der Waals surface area contributed by atoms with Gasteiger partial charge in [0.1, 0.15) is 0 Å². The minimum Gasteiger partial charge on any atom is -0.463 e. The predicted molar refractivity (Wildman–Crippen MR) is 91.6 cm³/mol. The summed E-state index contributed by atoms with van der Waals surface area (Å²) in [6, 6.07) is 3.94. The maximum atomic E-state index is 12.8. The molecule has 0 spiro atoms. The molecule has 2 amide bonds. The van der Waals surface area contributed by atoms with Gasteiger partial charge in [-0.25, -0.2) is 9.59 Å². The molecule has 9 heteroatoms. The normalized spacial score (nSPS) is 17.6. The van der Waals surface area contributed by atoms with E-state index in [0.29, 0.717) is 22.6 Å². The second-order valence-corrected chi connectivity index (χ2v) is 6.54. The number of benzene rings is 1. The van der Waals surface area contributed by atoms with Crippen LogP contribution in [0.15, 0.2) is 40.4 Å². The number of esters is 1. The van der Waals surface area contributed by atoms with Crippen LogP contribution in [0.2, 0.25) is 0 Å². The van der Waals surface area contributed by atoms with Crippen molar-refractivity contribution >= 4 is 23.8 Å². The lowest BCUT2D eigenvalue weighted by molar-refractivity contribution is -0.139. The molecule has 1 aromatic rings. The average Bonchev–Trinajstić information content (AvgIpc) is 2.59. The zero-order valence-electron chi connectivity index (χ0n) is 14.3. The van der Waals surface area contributed by atoms with Crippen molar-refractivity contribution in [1.82, 2.24) is 10.6 Å². The second-order valence-electron chi connectivity index (χ2n) is 5.49. The number of halogens is 3. The molecule has 0 saturated carbocycles. The molecule has 0 aromatic heterocycles. The molecule has 1 aromatic carbocycles. The molecule has 26 heavy (non-hydrogen) atoms. The third-order valence-electron chi connectivity index (χ3n) is 3.69. The Morgan fingerprint density at radius 2 is 2.04 bits per heavy atom. The van der Waals surface area contributed by atoms with Crippen LogP contribution in [0.25, 0.3) is 0 Å². The maximum Gasteiger partial charge on any atom is 0.416 e. The first-order valence-corrected chi connectivity index (χ1v) is 9.02. The van der Waals surface area contributed by atoms with E-state index in [0.717, 1.165) is 23.9 Å². The van der Waals surface area contributed by atoms with Gasteiger partial charge in [0.15, 0.2) is 0 Å². The van der Waals surface area contributed by atoms with Crippen LogP contribution in [0.5, 0.6) is 0 Å². The lowest BCUT2D eigenvalue weighted by atomic mass is 10.0. The summed E-state index contributed by atoms with van der Waals surface area (Å²) in [7, 11) is 0. The van der Waals surface area contributed by atoms with Crippen LogP contribution in [-0.4, -0.2) is 30.4 Å². The largest absolute Gasteiger partial charge is 0.463 e. The van der Waals surface area contributed by atoms with E-state index in [4.69, 9.17) is 4.74 Å². The van der Waals surface area contributed by atoms with Crippen molar-refractivity contribution in [2.75, 3.05) is 12.4 Å². The van der Waals surface area contributed by atoms with Gasteiger partial charge in [0.2, 0.25) is 0 Å². The molecule has 0 radical (unpaired) electrons. The van der Waals surface area contributed by atoms with Gasteiger partial charge in [-0.15, -0.1) is 11.8 Å². The minimum absolute atomic E-state index is 0.138. The quantitative estimate of drug-likeness (QED) is 0.576. The standard InChI is InChI=1S/C17H19F3N2O3S/c1-3-12-14(15(23)25-4-2)13(22-16(24)21-12)9-26-11-7-5-6-10(8-11)17(18,19)20/h5-8,12H,3-4,9H2,1-2H3,(H2,21,22,24)/t12-/m0/s1. The first-order chi connectivity index (χ1) is 12.3. The summed E-state index contributed by atoms with van der Waals surface area (Å²) in [5.41, 5.74) is -0.0993. The monoisotopic (exact) mass is 388 g/mol. The highest BCUT2D eigenvalue weighted by Gasteiger charge is 2.32. The van der Waals surface area contributed by atoms with Gasteiger partial charge in [-0.2, -0.15) is 13.2 Å². The summed E-state index contributed by atoms with van der Waals surface area (Å²) in [5.74, 6) is -0.411. The van der Waals surface area contributed by atoms with E-state index in [1.165, 1.54) is 6.07 Å². The Bertz CT molecular complexity index is 719. The van der Waals surface area contributed by atoms with Crippen LogP contribution >= 0.6 is 11.8 Å². The molecule has 0 saturated heterocycles. The highest BCUT2D eigenvalue weighted by molar-refractivity contribution is 7.99. The number of alkyl halides is 3. The number of nitrogens with one attached hydrogen (secondary N) is 2. The van der Waals surface area contributed by atoms with Crippen molar-refractivity contribution in [1.29, 1.82) is 0 Å². The van der Waals surface area contributed by atoms with E-state index < -0.39 is 29.8 Å². The van der Waals surface area contributed by atoms with Crippen molar-refractivity contribution in [2.45, 2.75) is 37.4 Å². The molecule has 1 heterocycles. The lowest BCUT2D eigenvalue weighted by Gasteiger charge is -2.28. The van der Waals surface area contributed by atoms with Crippen molar-refractivity contribution < 1.29 is 27.5 Å². The van der Waals surface area contributed by atoms with Gasteiger partial charge in [0.25, 0.3) is 0 Å². The Morgan fingerprint density at radius 3 is 2.65 bits per heavy atom. The number of amides is 2. The van der Waals surface area contributed by atoms with Crippen LogP contribution in [0.1, 0.15) is 25.8 Å². The van der Waals surface area contributed by atoms with Gasteiger partial charge in [-0.3, -0.25) is 0 Å². The number of carbonyl (C=O) groups is 2. The number of hydrogen-bond acceptors (Lipinski definition) is 4. The van der Waals surface area contributed by atoms with E-state index >= 15 is 0 Å². The Kier molecular flexibility index (Phi) is 6.57. The molecule has 0 aliphatic carbocycles. The summed E-state index contributed by atoms with van der Waals surface area (Å²) >= 11 is 1.10. The van der Waals surface area contributed by atoms with Crippen molar-refractivity contribution in [3.8, 4) is 0 Å². The first kappa shape index (κ1) is 20.2. The van der Waals surface area contributed by atoms with Crippen LogP contribution in [0.3, 0.4) is 0 Å². The van der Waals surface area contributed by atoms with Gasteiger partial charge in [-0.05, 0) is 31.5 Å². The molecule has 0 unspecified atom stereocenters. The molecule has 142 valence electrons. The molecule has 2 rings (SSSR count). The average molecular weight is 388 g/mol. The van der Waals surface area contributed by atoms with Gasteiger partial charge in [0, 0.05) is 16.3 Å². The van der Waals surface area contributed by atoms with Gasteiger partial charge < -0.3 is 15.4 Å². The van der Waals surface area contributed by atoms with E-state index in [1.807, 2.05) is 6.92 Å². The third kappa shape index (κ3) is 4.94. The predicted octanol–water partition coefficient (Wildman–Crippen LogP) is 3.71. The number of hydrogen-bond donors (Lipinski definition) is 2. The Morgan fingerprint density at radius 1 is 1.31 bits per heavy atom. The minimum atomic E-state index is -4.43. The second kappa shape index (κ2) is 8.48. The summed E-state index contributed by atoms with van der Waals surface area (Å²) in [6.07, 6.45) is -3.94. The van der Waals surface area contributed by atoms with E-state index in [9.17, 15) is 22.8 Å². The van der Waals surface area contributed by atoms with Crippen molar-refractivity contribution in [3.05, 3.63) is 41.1 Å². The summed E-state index contributed by atoms with van der Waals surface area (Å²) < 4.78 is 43.5. The highest BCUT2D eigenvalue weighted by atomic mass is 32.2. The lowest BCUT2D eigenvalue weighted by Crippen LogP contribution is -2.50. The molecular weight excluding hydrogens is 369 g/mol. The molecule has 5 nitrogen and oxygen atoms in total. The molecule has 1 aliphatic heterocycles. The fraction of sp³-hybridized carbons (Fsp3) is 0.412. The molecule has 1 aliphatic rings. The fourth-order valence-corrected chi connectivity index (χ4v) is 3.42. The van der Waals surface area contributed by atoms with E-state index in [1.54, 1.807) is 13.0 Å². The zero-order valence-corrected chi connectivity index (χ0v) is 15.1. The van der Waals surface area contributed by atoms with Gasteiger partial charge >= 0.3 is 18.2 Å². The Labute approximate surface area is 153 Å². The molecule has 0 bridgehead atoms. The zero-order chi connectivity index (χ0) is 19.3. The van der Waals surface area contributed by atoms with E-state index in [-0.39, 0.29) is 12.4 Å². The van der Waals surface area contributed by atoms with Crippen LogP contribution in [0, 0.1) is 0 Å². The van der Waals surface area contributed by atoms with Gasteiger partial charge in [-0.1, -0.05) is 13.0 Å². The summed E-state index contributed by atoms with van der Waals surface area (Å²) in [5, 5.41) is 5.22. The Balaban J connectivity index is 2.26. The number of urea groups is 1. The molecule has 2 N–H and O–H groups in total. The maximum absolute atomic E-state index is 12.8. The number of thioether (sulfide) groups is 1. The summed E-state index contributed by atoms with van der Waals surface area (Å²) in [6.45, 7) is 3.67. The topological polar surface area (TPSA) is 67.4 Å². The van der Waals surface area contributed by atoms with E-state index in [2.05, 4.69) is 10.6 Å². The first-order valence-electron chi connectivity index (χ1n) is 8.04. The van der Waals surface area contributed by atoms with Gasteiger partial charge in [0.05, 0.1) is 23.8 Å². The third-order valence-corrected chi connectivity index (χ3v) is 4.71. The molecule has 1 atom stereocenters. The number of ether oxygens (including phenoxy) is 1. The van der Waals surface area contributed by atoms with Crippen molar-refractivity contribution in [3.63, 3.8) is 0 Å². The fourth-order valence-electron chi connectivity index (χ4n) is 2.49. The molecule has 0 fully saturated rings. The number of rotatable bonds is 6. The summed E-state index contributed by atoms with van der Waals surface area (Å²) in [4.78, 5) is 24.4. The van der Waals surface area contributed by atoms with Crippen LogP contribution in [0.4, 0.5) is 18.0 Å². The smallest absolute Gasteiger partial charge is 0.416 e.